The molecule has 0 saturated heterocycles. The Balaban J connectivity index is 2.37. The van der Waals surface area contributed by atoms with Crippen LogP contribution in [0.15, 0.2) is 30.3 Å². The first-order valence-corrected chi connectivity index (χ1v) is 8.32. The third-order valence-corrected chi connectivity index (χ3v) is 3.93. The van der Waals surface area contributed by atoms with Gasteiger partial charge in [0, 0.05) is 24.8 Å². The topological polar surface area (TPSA) is 52.7 Å². The largest absolute Gasteiger partial charge is 0.348 e. The molecule has 0 heterocycles. The number of likely N-dealkylation sites (N-methyl/N-ethyl adjacent to an activating group) is 1. The third kappa shape index (κ3) is 6.40. The van der Waals surface area contributed by atoms with Crippen LogP contribution in [-0.2, 0) is 9.59 Å². The minimum atomic E-state index is -0.534. The molecule has 0 aromatic heterocycles. The molecule has 2 amide bonds. The zero-order valence-electron chi connectivity index (χ0n) is 14.7. The van der Waals surface area contributed by atoms with E-state index in [0.717, 1.165) is 25.1 Å². The summed E-state index contributed by atoms with van der Waals surface area (Å²) >= 11 is 0. The van der Waals surface area contributed by atoms with E-state index >= 15 is 0 Å². The fourth-order valence-electron chi connectivity index (χ4n) is 2.20. The van der Waals surface area contributed by atoms with Crippen LogP contribution >= 0.6 is 0 Å². The number of unbranched alkanes of at least 4 members (excludes halogenated alkanes) is 1. The summed E-state index contributed by atoms with van der Waals surface area (Å²) in [5.41, 5.74) is 0.744. The van der Waals surface area contributed by atoms with Gasteiger partial charge in [0.1, 0.15) is 0 Å². The van der Waals surface area contributed by atoms with Crippen molar-refractivity contribution in [3.8, 4) is 0 Å². The molecule has 1 rings (SSSR count). The minimum Gasteiger partial charge on any atom is -0.348 e. The van der Waals surface area contributed by atoms with Crippen molar-refractivity contribution in [2.45, 2.75) is 39.7 Å². The lowest BCUT2D eigenvalue weighted by molar-refractivity contribution is -0.137. The number of hydrogen-bond donors (Lipinski definition) is 1. The van der Waals surface area contributed by atoms with Crippen LogP contribution in [0.5, 0.6) is 0 Å². The predicted octanol–water partition coefficient (Wildman–Crippen LogP) is 2.28. The molecule has 0 spiro atoms. The number of nitrogens with one attached hydrogen (secondary N) is 1. The van der Waals surface area contributed by atoms with Crippen molar-refractivity contribution in [3.05, 3.63) is 30.3 Å². The highest BCUT2D eigenvalue weighted by molar-refractivity contribution is 6.40. The summed E-state index contributed by atoms with van der Waals surface area (Å²) in [6, 6.07) is 9.78. The van der Waals surface area contributed by atoms with E-state index in [1.165, 1.54) is 4.90 Å². The van der Waals surface area contributed by atoms with Gasteiger partial charge in [0.15, 0.2) is 0 Å². The molecule has 128 valence electrons. The fourth-order valence-corrected chi connectivity index (χ4v) is 2.20. The van der Waals surface area contributed by atoms with Crippen LogP contribution in [0.3, 0.4) is 0 Å². The highest BCUT2D eigenvalue weighted by Crippen LogP contribution is 2.12. The van der Waals surface area contributed by atoms with Crippen LogP contribution in [0.2, 0.25) is 0 Å². The molecule has 0 bridgehead atoms. The maximum atomic E-state index is 12.2. The van der Waals surface area contributed by atoms with Gasteiger partial charge in [0.05, 0.1) is 0 Å². The van der Waals surface area contributed by atoms with Crippen LogP contribution in [-0.4, -0.2) is 49.4 Å². The molecule has 0 unspecified atom stereocenters. The van der Waals surface area contributed by atoms with Crippen LogP contribution in [0.1, 0.15) is 33.6 Å². The van der Waals surface area contributed by atoms with Crippen LogP contribution in [0.25, 0.3) is 0 Å². The molecule has 0 aliphatic carbocycles. The van der Waals surface area contributed by atoms with Gasteiger partial charge in [-0.1, -0.05) is 18.2 Å². The van der Waals surface area contributed by atoms with Gasteiger partial charge in [-0.05, 0) is 59.3 Å². The molecule has 0 radical (unpaired) electrons. The zero-order chi connectivity index (χ0) is 17.2. The van der Waals surface area contributed by atoms with E-state index < -0.39 is 11.8 Å². The average molecular weight is 319 g/mol. The second-order valence-electron chi connectivity index (χ2n) is 5.92. The second kappa shape index (κ2) is 10.0. The van der Waals surface area contributed by atoms with Crippen LogP contribution < -0.4 is 10.2 Å². The lowest BCUT2D eigenvalue weighted by atomic mass is 10.2. The van der Waals surface area contributed by atoms with Gasteiger partial charge in [-0.2, -0.15) is 0 Å². The number of benzene rings is 1. The maximum absolute atomic E-state index is 12.2. The summed E-state index contributed by atoms with van der Waals surface area (Å²) in [7, 11) is 2.09. The number of anilines is 1. The van der Waals surface area contributed by atoms with Crippen molar-refractivity contribution in [3.63, 3.8) is 0 Å². The Labute approximate surface area is 139 Å². The Bertz CT molecular complexity index is 488. The summed E-state index contributed by atoms with van der Waals surface area (Å²) in [5, 5.41) is 2.72. The Morgan fingerprint density at radius 1 is 1.13 bits per heavy atom. The van der Waals surface area contributed by atoms with E-state index in [4.69, 9.17) is 0 Å². The summed E-state index contributed by atoms with van der Waals surface area (Å²) in [5.74, 6) is -1.04. The van der Waals surface area contributed by atoms with Gasteiger partial charge >= 0.3 is 11.8 Å². The summed E-state index contributed by atoms with van der Waals surface area (Å²) in [6.07, 6.45) is 1.87. The van der Waals surface area contributed by atoms with Gasteiger partial charge in [-0.25, -0.2) is 0 Å². The Morgan fingerprint density at radius 2 is 1.78 bits per heavy atom. The number of carbonyl (C=O) groups excluding carboxylic acids is 2. The summed E-state index contributed by atoms with van der Waals surface area (Å²) in [6.45, 7) is 8.16. The van der Waals surface area contributed by atoms with E-state index in [0.29, 0.717) is 19.1 Å². The van der Waals surface area contributed by atoms with E-state index in [2.05, 4.69) is 31.1 Å². The zero-order valence-corrected chi connectivity index (χ0v) is 14.7. The number of nitrogens with zero attached hydrogens (tertiary/aromatic N) is 2. The third-order valence-electron chi connectivity index (χ3n) is 3.93. The van der Waals surface area contributed by atoms with Crippen molar-refractivity contribution >= 4 is 17.5 Å². The number of carbonyl (C=O) groups is 2. The van der Waals surface area contributed by atoms with Gasteiger partial charge in [0.2, 0.25) is 0 Å². The lowest BCUT2D eigenvalue weighted by Crippen LogP contribution is -2.43. The lowest BCUT2D eigenvalue weighted by Gasteiger charge is -2.21. The van der Waals surface area contributed by atoms with E-state index in [1.54, 1.807) is 0 Å². The van der Waals surface area contributed by atoms with Crippen LogP contribution in [0.4, 0.5) is 5.69 Å². The molecular formula is C18H29N3O2. The molecule has 1 aromatic rings. The number of para-hydroxylation sites is 1. The van der Waals surface area contributed by atoms with Crippen molar-refractivity contribution in [2.75, 3.05) is 31.6 Å². The molecule has 1 aromatic carbocycles. The molecule has 23 heavy (non-hydrogen) atoms. The van der Waals surface area contributed by atoms with Gasteiger partial charge in [-0.3, -0.25) is 9.59 Å². The highest BCUT2D eigenvalue weighted by atomic mass is 16.2. The first-order chi connectivity index (χ1) is 11.0. The molecule has 5 heteroatoms. The molecule has 1 N–H and O–H groups in total. The summed E-state index contributed by atoms with van der Waals surface area (Å²) in [4.78, 5) is 28.0. The SMILES string of the molecule is CCN(C(=O)C(=O)NCCCCN(C)C(C)C)c1ccccc1. The van der Waals surface area contributed by atoms with E-state index in [9.17, 15) is 9.59 Å². The van der Waals surface area contributed by atoms with Crippen molar-refractivity contribution in [1.29, 1.82) is 0 Å². The smallest absolute Gasteiger partial charge is 0.316 e. The molecule has 0 atom stereocenters. The van der Waals surface area contributed by atoms with E-state index in [-0.39, 0.29) is 0 Å². The standard InChI is InChI=1S/C18H29N3O2/c1-5-21(16-11-7-6-8-12-16)18(23)17(22)19-13-9-10-14-20(4)15(2)3/h6-8,11-12,15H,5,9-10,13-14H2,1-4H3,(H,19,22). The second-order valence-corrected chi connectivity index (χ2v) is 5.92. The fraction of sp³-hybridized carbons (Fsp3) is 0.556. The quantitative estimate of drug-likeness (QED) is 0.591. The maximum Gasteiger partial charge on any atom is 0.316 e. The molecule has 5 nitrogen and oxygen atoms in total. The van der Waals surface area contributed by atoms with Gasteiger partial charge in [-0.15, -0.1) is 0 Å². The van der Waals surface area contributed by atoms with Crippen molar-refractivity contribution in [2.24, 2.45) is 0 Å². The first-order valence-electron chi connectivity index (χ1n) is 8.32. The normalized spacial score (nSPS) is 10.9. The molecule has 0 aliphatic rings. The summed E-state index contributed by atoms with van der Waals surface area (Å²) < 4.78 is 0. The molecular weight excluding hydrogens is 290 g/mol. The first kappa shape index (κ1) is 19.2. The predicted molar refractivity (Wildman–Crippen MR) is 94.5 cm³/mol. The molecule has 0 aliphatic heterocycles. The Hall–Kier alpha value is -1.88. The van der Waals surface area contributed by atoms with Crippen LogP contribution in [0, 0.1) is 0 Å². The van der Waals surface area contributed by atoms with Gasteiger partial charge in [0.25, 0.3) is 0 Å². The van der Waals surface area contributed by atoms with Crippen molar-refractivity contribution < 1.29 is 9.59 Å². The van der Waals surface area contributed by atoms with Gasteiger partial charge < -0.3 is 15.1 Å². The van der Waals surface area contributed by atoms with Crippen molar-refractivity contribution in [1.82, 2.24) is 10.2 Å². The number of hydrogen-bond acceptors (Lipinski definition) is 3. The average Bonchev–Trinajstić information content (AvgIpc) is 2.55. The number of rotatable bonds is 8. The minimum absolute atomic E-state index is 0.468. The monoisotopic (exact) mass is 319 g/mol. The highest BCUT2D eigenvalue weighted by Gasteiger charge is 2.21. The van der Waals surface area contributed by atoms with E-state index in [1.807, 2.05) is 37.3 Å². The Kier molecular flexibility index (Phi) is 8.33. The molecule has 0 fully saturated rings. The Morgan fingerprint density at radius 3 is 2.35 bits per heavy atom. The molecule has 0 saturated carbocycles. The number of amides is 2.